The Hall–Kier alpha value is -2.49. The van der Waals surface area contributed by atoms with Gasteiger partial charge in [0.05, 0.1) is 6.04 Å². The topological polar surface area (TPSA) is 47.6 Å². The first-order chi connectivity index (χ1) is 12.6. The number of rotatable bonds is 4. The Morgan fingerprint density at radius 3 is 2.52 bits per heavy atom. The van der Waals surface area contributed by atoms with E-state index in [1.165, 1.54) is 5.56 Å². The van der Waals surface area contributed by atoms with Crippen LogP contribution in [0, 0.1) is 20.8 Å². The summed E-state index contributed by atoms with van der Waals surface area (Å²) in [5.41, 5.74) is 4.03. The molecule has 0 radical (unpaired) electrons. The van der Waals surface area contributed by atoms with Crippen molar-refractivity contribution in [2.75, 3.05) is 0 Å². The average molecular weight is 367 g/mol. The minimum Gasteiger partial charge on any atom is -0.487 e. The van der Waals surface area contributed by atoms with Crippen LogP contribution < -0.4 is 14.8 Å². The summed E-state index contributed by atoms with van der Waals surface area (Å²) in [6.45, 7) is 12.0. The Balaban J connectivity index is 1.75. The van der Waals surface area contributed by atoms with Crippen molar-refractivity contribution in [3.05, 3.63) is 58.7 Å². The molecular formula is C23H29NO3. The summed E-state index contributed by atoms with van der Waals surface area (Å²) in [5.74, 6) is 1.47. The molecule has 0 bridgehead atoms. The van der Waals surface area contributed by atoms with Crippen molar-refractivity contribution >= 4 is 5.91 Å². The van der Waals surface area contributed by atoms with Gasteiger partial charge >= 0.3 is 0 Å². The van der Waals surface area contributed by atoms with Gasteiger partial charge in [-0.3, -0.25) is 4.79 Å². The smallest absolute Gasteiger partial charge is 0.261 e. The van der Waals surface area contributed by atoms with Gasteiger partial charge in [-0.1, -0.05) is 29.8 Å². The second-order valence-corrected chi connectivity index (χ2v) is 8.20. The maximum atomic E-state index is 12.8. The van der Waals surface area contributed by atoms with Gasteiger partial charge in [0, 0.05) is 12.0 Å². The van der Waals surface area contributed by atoms with Gasteiger partial charge in [0.1, 0.15) is 17.1 Å². The lowest BCUT2D eigenvalue weighted by Crippen LogP contribution is -2.44. The zero-order chi connectivity index (χ0) is 19.8. The number of carbonyl (C=O) groups excluding carboxylic acids is 1. The molecule has 3 rings (SSSR count). The number of hydrogen-bond donors (Lipinski definition) is 1. The molecule has 1 N–H and O–H groups in total. The fourth-order valence-corrected chi connectivity index (χ4v) is 3.55. The average Bonchev–Trinajstić information content (AvgIpc) is 2.55. The van der Waals surface area contributed by atoms with Crippen LogP contribution in [-0.4, -0.2) is 17.6 Å². The van der Waals surface area contributed by atoms with Crippen LogP contribution in [0.25, 0.3) is 0 Å². The van der Waals surface area contributed by atoms with Crippen LogP contribution >= 0.6 is 0 Å². The van der Waals surface area contributed by atoms with Gasteiger partial charge in [0.15, 0.2) is 6.10 Å². The lowest BCUT2D eigenvalue weighted by molar-refractivity contribution is -0.128. The molecular weight excluding hydrogens is 338 g/mol. The Morgan fingerprint density at radius 2 is 1.81 bits per heavy atom. The predicted octanol–water partition coefficient (Wildman–Crippen LogP) is 4.80. The molecule has 1 aliphatic heterocycles. The van der Waals surface area contributed by atoms with E-state index in [1.807, 2.05) is 58.9 Å². The Morgan fingerprint density at radius 1 is 1.15 bits per heavy atom. The molecule has 0 saturated carbocycles. The highest BCUT2D eigenvalue weighted by atomic mass is 16.5. The van der Waals surface area contributed by atoms with Gasteiger partial charge in [-0.05, 0) is 64.8 Å². The maximum absolute atomic E-state index is 12.8. The number of hydrogen-bond acceptors (Lipinski definition) is 3. The molecule has 0 fully saturated rings. The fraction of sp³-hybridized carbons (Fsp3) is 0.435. The fourth-order valence-electron chi connectivity index (χ4n) is 3.55. The molecule has 2 aromatic carbocycles. The first kappa shape index (κ1) is 19.3. The van der Waals surface area contributed by atoms with Crippen LogP contribution in [0.5, 0.6) is 11.5 Å². The van der Waals surface area contributed by atoms with Crippen LogP contribution in [-0.2, 0) is 4.79 Å². The molecule has 144 valence electrons. The molecule has 2 atom stereocenters. The second kappa shape index (κ2) is 7.26. The van der Waals surface area contributed by atoms with Crippen LogP contribution in [0.2, 0.25) is 0 Å². The number of aryl methyl sites for hydroxylation is 3. The third kappa shape index (κ3) is 4.44. The normalized spacial score (nSPS) is 18.8. The molecule has 0 aliphatic carbocycles. The van der Waals surface area contributed by atoms with Crippen molar-refractivity contribution in [3.8, 4) is 11.5 Å². The number of benzene rings is 2. The van der Waals surface area contributed by atoms with E-state index in [-0.39, 0.29) is 17.6 Å². The minimum atomic E-state index is -0.578. The summed E-state index contributed by atoms with van der Waals surface area (Å²) in [6, 6.07) is 12.0. The molecule has 4 heteroatoms. The largest absolute Gasteiger partial charge is 0.487 e. The molecule has 2 aromatic rings. The van der Waals surface area contributed by atoms with Crippen molar-refractivity contribution in [1.82, 2.24) is 5.32 Å². The summed E-state index contributed by atoms with van der Waals surface area (Å²) in [4.78, 5) is 12.8. The third-order valence-electron chi connectivity index (χ3n) is 4.95. The molecule has 1 heterocycles. The van der Waals surface area contributed by atoms with Gasteiger partial charge < -0.3 is 14.8 Å². The van der Waals surface area contributed by atoms with E-state index in [0.717, 1.165) is 28.2 Å². The zero-order valence-corrected chi connectivity index (χ0v) is 17.1. The van der Waals surface area contributed by atoms with E-state index < -0.39 is 6.10 Å². The van der Waals surface area contributed by atoms with Crippen LogP contribution in [0.15, 0.2) is 36.4 Å². The summed E-state index contributed by atoms with van der Waals surface area (Å²) in [5, 5.41) is 3.16. The van der Waals surface area contributed by atoms with Crippen molar-refractivity contribution in [2.45, 2.75) is 65.7 Å². The summed E-state index contributed by atoms with van der Waals surface area (Å²) in [6.07, 6.45) is 0.136. The monoisotopic (exact) mass is 367 g/mol. The van der Waals surface area contributed by atoms with Crippen molar-refractivity contribution in [3.63, 3.8) is 0 Å². The van der Waals surface area contributed by atoms with Gasteiger partial charge in [0.25, 0.3) is 5.91 Å². The van der Waals surface area contributed by atoms with E-state index in [1.54, 1.807) is 6.92 Å². The Kier molecular flexibility index (Phi) is 5.18. The van der Waals surface area contributed by atoms with Crippen LogP contribution in [0.4, 0.5) is 0 Å². The molecule has 0 saturated heterocycles. The Bertz CT molecular complexity index is 857. The van der Waals surface area contributed by atoms with Gasteiger partial charge in [0.2, 0.25) is 0 Å². The molecule has 1 amide bonds. The van der Waals surface area contributed by atoms with Crippen molar-refractivity contribution < 1.29 is 14.3 Å². The number of ether oxygens (including phenoxy) is 2. The predicted molar refractivity (Wildman–Crippen MR) is 107 cm³/mol. The lowest BCUT2D eigenvalue weighted by Gasteiger charge is -2.38. The van der Waals surface area contributed by atoms with Crippen molar-refractivity contribution in [1.29, 1.82) is 0 Å². The number of carbonyl (C=O) groups is 1. The SMILES string of the molecule is Cc1ccc(O[C@H](C)C(=O)N[C@@H]2CC(C)(C)Oc3cc(C)ccc32)c(C)c1. The van der Waals surface area contributed by atoms with Crippen LogP contribution in [0.3, 0.4) is 0 Å². The van der Waals surface area contributed by atoms with Crippen molar-refractivity contribution in [2.24, 2.45) is 0 Å². The first-order valence-electron chi connectivity index (χ1n) is 9.48. The highest BCUT2D eigenvalue weighted by molar-refractivity contribution is 5.81. The van der Waals surface area contributed by atoms with Gasteiger partial charge in [-0.25, -0.2) is 0 Å². The molecule has 4 nitrogen and oxygen atoms in total. The third-order valence-corrected chi connectivity index (χ3v) is 4.95. The first-order valence-corrected chi connectivity index (χ1v) is 9.48. The standard InChI is InChI=1S/C23H29NO3/c1-14-8-10-20(16(3)11-14)26-17(4)22(25)24-19-13-23(5,6)27-21-12-15(2)7-9-18(19)21/h7-12,17,19H,13H2,1-6H3,(H,24,25)/t17-,19-/m1/s1. The lowest BCUT2D eigenvalue weighted by atomic mass is 9.89. The zero-order valence-electron chi connectivity index (χ0n) is 17.1. The molecule has 27 heavy (non-hydrogen) atoms. The second-order valence-electron chi connectivity index (χ2n) is 8.20. The number of fused-ring (bicyclic) bond motifs is 1. The van der Waals surface area contributed by atoms with Gasteiger partial charge in [-0.2, -0.15) is 0 Å². The Labute approximate surface area is 161 Å². The van der Waals surface area contributed by atoms with E-state index in [2.05, 4.69) is 17.4 Å². The van der Waals surface area contributed by atoms with E-state index in [0.29, 0.717) is 6.42 Å². The minimum absolute atomic E-state index is 0.0954. The summed E-state index contributed by atoms with van der Waals surface area (Å²) in [7, 11) is 0. The molecule has 0 spiro atoms. The van der Waals surface area contributed by atoms with E-state index in [4.69, 9.17) is 9.47 Å². The van der Waals surface area contributed by atoms with E-state index >= 15 is 0 Å². The molecule has 0 unspecified atom stereocenters. The summed E-state index contributed by atoms with van der Waals surface area (Å²) < 4.78 is 12.0. The van der Waals surface area contributed by atoms with Crippen LogP contribution in [0.1, 0.15) is 55.5 Å². The summed E-state index contributed by atoms with van der Waals surface area (Å²) >= 11 is 0. The number of amides is 1. The highest BCUT2D eigenvalue weighted by Gasteiger charge is 2.35. The highest BCUT2D eigenvalue weighted by Crippen LogP contribution is 2.40. The molecule has 1 aliphatic rings. The quantitative estimate of drug-likeness (QED) is 0.844. The molecule has 0 aromatic heterocycles. The maximum Gasteiger partial charge on any atom is 0.261 e. The number of nitrogens with one attached hydrogen (secondary N) is 1. The van der Waals surface area contributed by atoms with Gasteiger partial charge in [-0.15, -0.1) is 0 Å². The van der Waals surface area contributed by atoms with E-state index in [9.17, 15) is 4.79 Å².